The first kappa shape index (κ1) is 19.3. The van der Waals surface area contributed by atoms with Crippen molar-refractivity contribution < 1.29 is 17.9 Å². The Hall–Kier alpha value is -1.48. The molecule has 1 saturated heterocycles. The van der Waals surface area contributed by atoms with Gasteiger partial charge in [-0.05, 0) is 42.9 Å². The number of hydrogen-bond acceptors (Lipinski definition) is 5. The van der Waals surface area contributed by atoms with Crippen molar-refractivity contribution in [2.75, 3.05) is 32.8 Å². The molecule has 7 nitrogen and oxygen atoms in total. The summed E-state index contributed by atoms with van der Waals surface area (Å²) in [4.78, 5) is 12.7. The van der Waals surface area contributed by atoms with Crippen LogP contribution in [0.5, 0.6) is 0 Å². The van der Waals surface area contributed by atoms with Gasteiger partial charge in [-0.3, -0.25) is 4.79 Å². The molecule has 144 valence electrons. The summed E-state index contributed by atoms with van der Waals surface area (Å²) in [5, 5.41) is 2.82. The monoisotopic (exact) mass is 381 g/mol. The van der Waals surface area contributed by atoms with E-state index in [2.05, 4.69) is 5.32 Å². The number of benzene rings is 1. The van der Waals surface area contributed by atoms with Crippen molar-refractivity contribution in [3.05, 3.63) is 29.3 Å². The average molecular weight is 381 g/mol. The number of sulfonamides is 1. The van der Waals surface area contributed by atoms with Crippen molar-refractivity contribution >= 4 is 15.9 Å². The number of morpholine rings is 1. The summed E-state index contributed by atoms with van der Waals surface area (Å²) < 4.78 is 32.7. The molecule has 8 heteroatoms. The highest BCUT2D eigenvalue weighted by Crippen LogP contribution is 2.31. The number of carbonyl (C=O) groups excluding carboxylic acids is 1. The van der Waals surface area contributed by atoms with Gasteiger partial charge in [0.25, 0.3) is 5.91 Å². The first-order valence-corrected chi connectivity index (χ1v) is 10.6. The van der Waals surface area contributed by atoms with Crippen molar-refractivity contribution in [3.63, 3.8) is 0 Å². The number of nitrogens with zero attached hydrogens (tertiary/aromatic N) is 1. The van der Waals surface area contributed by atoms with E-state index < -0.39 is 10.0 Å². The molecule has 1 aliphatic heterocycles. The van der Waals surface area contributed by atoms with E-state index in [-0.39, 0.29) is 16.8 Å². The molecule has 3 rings (SSSR count). The molecule has 1 unspecified atom stereocenters. The lowest BCUT2D eigenvalue weighted by Gasteiger charge is -2.27. The third-order valence-corrected chi connectivity index (χ3v) is 7.00. The zero-order chi connectivity index (χ0) is 18.7. The van der Waals surface area contributed by atoms with Gasteiger partial charge in [-0.1, -0.05) is 13.0 Å². The summed E-state index contributed by atoms with van der Waals surface area (Å²) in [5.74, 6) is 0.206. The number of ether oxygens (including phenoxy) is 1. The Labute approximate surface area is 154 Å². The molecule has 2 aliphatic rings. The van der Waals surface area contributed by atoms with Crippen molar-refractivity contribution in [1.29, 1.82) is 0 Å². The third kappa shape index (κ3) is 4.25. The Morgan fingerprint density at radius 2 is 2.04 bits per heavy atom. The lowest BCUT2D eigenvalue weighted by atomic mass is 10.1. The molecule has 26 heavy (non-hydrogen) atoms. The first-order chi connectivity index (χ1) is 12.4. The fraction of sp³-hybridized carbons (Fsp3) is 0.611. The third-order valence-electron chi connectivity index (χ3n) is 5.02. The van der Waals surface area contributed by atoms with Gasteiger partial charge in [0, 0.05) is 31.2 Å². The summed E-state index contributed by atoms with van der Waals surface area (Å²) in [5.41, 5.74) is 7.07. The number of nitrogens with one attached hydrogen (secondary N) is 1. The quantitative estimate of drug-likeness (QED) is 0.725. The van der Waals surface area contributed by atoms with Crippen LogP contribution in [-0.4, -0.2) is 57.5 Å². The molecule has 1 aliphatic carbocycles. The number of amides is 1. The highest BCUT2D eigenvalue weighted by atomic mass is 32.2. The highest BCUT2D eigenvalue weighted by Gasteiger charge is 2.30. The minimum Gasteiger partial charge on any atom is -0.379 e. The molecule has 0 bridgehead atoms. The summed E-state index contributed by atoms with van der Waals surface area (Å²) >= 11 is 0. The number of carbonyl (C=O) groups is 1. The van der Waals surface area contributed by atoms with Gasteiger partial charge < -0.3 is 15.8 Å². The second-order valence-electron chi connectivity index (χ2n) is 6.90. The molecule has 0 radical (unpaired) electrons. The van der Waals surface area contributed by atoms with Crippen molar-refractivity contribution in [2.45, 2.75) is 37.1 Å². The second-order valence-corrected chi connectivity index (χ2v) is 8.81. The lowest BCUT2D eigenvalue weighted by molar-refractivity contribution is 0.0730. The van der Waals surface area contributed by atoms with E-state index in [1.807, 2.05) is 6.92 Å². The standard InChI is InChI=1S/C18H27N3O4S/c1-2-13-3-6-15(18(22)20-12-16(19)14-4-5-14)11-17(13)26(23,24)21-7-9-25-10-8-21/h3,6,11,14,16H,2,4-5,7-10,12,19H2,1H3,(H,20,22). The van der Waals surface area contributed by atoms with Crippen LogP contribution in [0.3, 0.4) is 0 Å². The van der Waals surface area contributed by atoms with Gasteiger partial charge in [0.2, 0.25) is 10.0 Å². The number of rotatable bonds is 7. The average Bonchev–Trinajstić information content (AvgIpc) is 3.51. The summed E-state index contributed by atoms with van der Waals surface area (Å²) in [7, 11) is -3.65. The predicted molar refractivity (Wildman–Crippen MR) is 98.4 cm³/mol. The molecule has 1 atom stereocenters. The topological polar surface area (TPSA) is 102 Å². The summed E-state index contributed by atoms with van der Waals surface area (Å²) in [6.45, 7) is 3.75. The normalized spacial score (nSPS) is 19.9. The van der Waals surface area contributed by atoms with E-state index in [9.17, 15) is 13.2 Å². The molecule has 3 N–H and O–H groups in total. The van der Waals surface area contributed by atoms with Crippen LogP contribution in [0, 0.1) is 5.92 Å². The van der Waals surface area contributed by atoms with Crippen molar-refractivity contribution in [2.24, 2.45) is 11.7 Å². The SMILES string of the molecule is CCc1ccc(C(=O)NCC(N)C2CC2)cc1S(=O)(=O)N1CCOCC1. The van der Waals surface area contributed by atoms with Crippen LogP contribution in [0.15, 0.2) is 23.1 Å². The van der Waals surface area contributed by atoms with Gasteiger partial charge in [-0.25, -0.2) is 8.42 Å². The van der Waals surface area contributed by atoms with Gasteiger partial charge in [-0.15, -0.1) is 0 Å². The Bertz CT molecular complexity index is 756. The lowest BCUT2D eigenvalue weighted by Crippen LogP contribution is -2.41. The fourth-order valence-corrected chi connectivity index (χ4v) is 4.89. The Balaban J connectivity index is 1.80. The smallest absolute Gasteiger partial charge is 0.251 e. The minimum absolute atomic E-state index is 0.0366. The van der Waals surface area contributed by atoms with Crippen LogP contribution in [0.1, 0.15) is 35.7 Å². The van der Waals surface area contributed by atoms with Crippen molar-refractivity contribution in [1.82, 2.24) is 9.62 Å². The molecular formula is C18H27N3O4S. The molecule has 1 aromatic rings. The van der Waals surface area contributed by atoms with E-state index >= 15 is 0 Å². The minimum atomic E-state index is -3.65. The number of aryl methyl sites for hydroxylation is 1. The zero-order valence-electron chi connectivity index (χ0n) is 15.1. The molecule has 1 heterocycles. The van der Waals surface area contributed by atoms with E-state index in [1.165, 1.54) is 10.4 Å². The predicted octanol–water partition coefficient (Wildman–Crippen LogP) is 0.737. The maximum Gasteiger partial charge on any atom is 0.251 e. The molecule has 0 spiro atoms. The van der Waals surface area contributed by atoms with E-state index in [0.29, 0.717) is 56.3 Å². The summed E-state index contributed by atoms with van der Waals surface area (Å²) in [6.07, 6.45) is 2.81. The summed E-state index contributed by atoms with van der Waals surface area (Å²) in [6, 6.07) is 4.85. The molecular weight excluding hydrogens is 354 g/mol. The number of nitrogens with two attached hydrogens (primary N) is 1. The van der Waals surface area contributed by atoms with Gasteiger partial charge in [0.05, 0.1) is 18.1 Å². The van der Waals surface area contributed by atoms with Crippen LogP contribution in [0.2, 0.25) is 0 Å². The maximum absolute atomic E-state index is 13.0. The first-order valence-electron chi connectivity index (χ1n) is 9.18. The molecule has 1 aromatic carbocycles. The second kappa shape index (κ2) is 8.04. The maximum atomic E-state index is 13.0. The van der Waals surface area contributed by atoms with Crippen LogP contribution in [0.25, 0.3) is 0 Å². The van der Waals surface area contributed by atoms with Crippen LogP contribution in [0.4, 0.5) is 0 Å². The zero-order valence-corrected chi connectivity index (χ0v) is 15.9. The van der Waals surface area contributed by atoms with Crippen LogP contribution in [-0.2, 0) is 21.2 Å². The van der Waals surface area contributed by atoms with E-state index in [1.54, 1.807) is 12.1 Å². The largest absolute Gasteiger partial charge is 0.379 e. The van der Waals surface area contributed by atoms with Gasteiger partial charge in [0.1, 0.15) is 0 Å². The van der Waals surface area contributed by atoms with E-state index in [4.69, 9.17) is 10.5 Å². The molecule has 1 amide bonds. The fourth-order valence-electron chi connectivity index (χ4n) is 3.16. The number of hydrogen-bond donors (Lipinski definition) is 2. The van der Waals surface area contributed by atoms with Gasteiger partial charge in [-0.2, -0.15) is 4.31 Å². The van der Waals surface area contributed by atoms with E-state index in [0.717, 1.165) is 12.8 Å². The molecule has 1 saturated carbocycles. The van der Waals surface area contributed by atoms with Gasteiger partial charge >= 0.3 is 0 Å². The van der Waals surface area contributed by atoms with Gasteiger partial charge in [0.15, 0.2) is 0 Å². The Morgan fingerprint density at radius 1 is 1.35 bits per heavy atom. The van der Waals surface area contributed by atoms with Crippen LogP contribution < -0.4 is 11.1 Å². The van der Waals surface area contributed by atoms with Crippen LogP contribution >= 0.6 is 0 Å². The Kier molecular flexibility index (Phi) is 5.96. The molecule has 2 fully saturated rings. The highest BCUT2D eigenvalue weighted by molar-refractivity contribution is 7.89. The molecule has 0 aromatic heterocycles. The van der Waals surface area contributed by atoms with Crippen molar-refractivity contribution in [3.8, 4) is 0 Å². The Morgan fingerprint density at radius 3 is 2.65 bits per heavy atom.